The summed E-state index contributed by atoms with van der Waals surface area (Å²) in [5.41, 5.74) is 0.530. The molecule has 0 saturated carbocycles. The second-order valence-corrected chi connectivity index (χ2v) is 5.81. The van der Waals surface area contributed by atoms with Crippen molar-refractivity contribution in [3.8, 4) is 11.5 Å². The number of carbonyl (C=O) groups excluding carboxylic acids is 1. The van der Waals surface area contributed by atoms with Crippen LogP contribution in [-0.4, -0.2) is 87.6 Å². The number of morpholine rings is 1. The first-order valence-corrected chi connectivity index (χ1v) is 8.00. The molecule has 7 nitrogen and oxygen atoms in total. The van der Waals surface area contributed by atoms with E-state index in [9.17, 15) is 4.79 Å². The first-order chi connectivity index (χ1) is 11.6. The molecule has 0 spiro atoms. The summed E-state index contributed by atoms with van der Waals surface area (Å²) in [6, 6.07) is 5.12. The Bertz CT molecular complexity index is 530. The first kappa shape index (κ1) is 18.5. The Hall–Kier alpha value is -1.83. The van der Waals surface area contributed by atoms with Gasteiger partial charge in [0.2, 0.25) is 0 Å². The molecule has 1 amide bonds. The highest BCUT2D eigenvalue weighted by molar-refractivity contribution is 5.95. The van der Waals surface area contributed by atoms with E-state index in [0.29, 0.717) is 49.9 Å². The smallest absolute Gasteiger partial charge is 0.254 e. The number of carbonyl (C=O) groups is 1. The first-order valence-electron chi connectivity index (χ1n) is 8.00. The lowest BCUT2D eigenvalue weighted by molar-refractivity contribution is -0.0109. The monoisotopic (exact) mass is 338 g/mol. The second-order valence-electron chi connectivity index (χ2n) is 5.81. The maximum Gasteiger partial charge on any atom is 0.254 e. The number of amides is 1. The highest BCUT2D eigenvalue weighted by Gasteiger charge is 2.29. The van der Waals surface area contributed by atoms with E-state index in [0.717, 1.165) is 0 Å². The number of aliphatic hydroxyl groups excluding tert-OH is 1. The minimum atomic E-state index is -0.0714. The van der Waals surface area contributed by atoms with Crippen LogP contribution in [0, 0.1) is 0 Å². The molecule has 1 atom stereocenters. The fourth-order valence-electron chi connectivity index (χ4n) is 2.79. The summed E-state index contributed by atoms with van der Waals surface area (Å²) in [4.78, 5) is 16.8. The molecular weight excluding hydrogens is 312 g/mol. The Labute approximate surface area is 142 Å². The van der Waals surface area contributed by atoms with Crippen molar-refractivity contribution in [2.75, 3.05) is 60.7 Å². The van der Waals surface area contributed by atoms with Gasteiger partial charge in [0.15, 0.2) is 0 Å². The summed E-state index contributed by atoms with van der Waals surface area (Å²) < 4.78 is 16.0. The number of nitrogens with zero attached hydrogens (tertiary/aromatic N) is 2. The average Bonchev–Trinajstić information content (AvgIpc) is 2.61. The molecule has 1 N–H and O–H groups in total. The molecule has 2 rings (SSSR count). The van der Waals surface area contributed by atoms with Crippen LogP contribution in [0.4, 0.5) is 0 Å². The lowest BCUT2D eigenvalue weighted by Gasteiger charge is -2.37. The van der Waals surface area contributed by atoms with Crippen LogP contribution in [-0.2, 0) is 4.74 Å². The van der Waals surface area contributed by atoms with E-state index in [1.807, 2.05) is 16.8 Å². The van der Waals surface area contributed by atoms with E-state index in [-0.39, 0.29) is 18.6 Å². The number of likely N-dealkylation sites (N-methyl/N-ethyl adjacent to an activating group) is 1. The molecule has 134 valence electrons. The highest BCUT2D eigenvalue weighted by atomic mass is 16.5. The van der Waals surface area contributed by atoms with Crippen molar-refractivity contribution in [3.63, 3.8) is 0 Å². The van der Waals surface area contributed by atoms with E-state index >= 15 is 0 Å². The molecule has 0 aromatic heterocycles. The molecule has 24 heavy (non-hydrogen) atoms. The summed E-state index contributed by atoms with van der Waals surface area (Å²) >= 11 is 0. The maximum absolute atomic E-state index is 13.0. The quantitative estimate of drug-likeness (QED) is 0.779. The molecule has 1 aliphatic heterocycles. The Kier molecular flexibility index (Phi) is 6.84. The molecule has 1 aliphatic rings. The number of hydrogen-bond acceptors (Lipinski definition) is 6. The van der Waals surface area contributed by atoms with Gasteiger partial charge in [-0.2, -0.15) is 0 Å². The molecule has 1 aromatic carbocycles. The number of benzene rings is 1. The van der Waals surface area contributed by atoms with Crippen molar-refractivity contribution >= 4 is 5.91 Å². The predicted molar refractivity (Wildman–Crippen MR) is 89.8 cm³/mol. The van der Waals surface area contributed by atoms with E-state index in [1.165, 1.54) is 0 Å². The van der Waals surface area contributed by atoms with Gasteiger partial charge < -0.3 is 29.1 Å². The Balaban J connectivity index is 2.18. The van der Waals surface area contributed by atoms with Crippen LogP contribution in [0.15, 0.2) is 18.2 Å². The summed E-state index contributed by atoms with van der Waals surface area (Å²) in [5, 5.41) is 9.05. The van der Waals surface area contributed by atoms with E-state index in [1.54, 1.807) is 32.4 Å². The molecule has 0 aliphatic carbocycles. The number of ether oxygens (including phenoxy) is 3. The fourth-order valence-corrected chi connectivity index (χ4v) is 2.79. The molecule has 1 saturated heterocycles. The number of rotatable bonds is 7. The van der Waals surface area contributed by atoms with Crippen LogP contribution < -0.4 is 9.47 Å². The highest BCUT2D eigenvalue weighted by Crippen LogP contribution is 2.24. The summed E-state index contributed by atoms with van der Waals surface area (Å²) in [7, 11) is 5.04. The minimum absolute atomic E-state index is 0.0556. The second kappa shape index (κ2) is 8.86. The largest absolute Gasteiger partial charge is 0.497 e. The van der Waals surface area contributed by atoms with E-state index in [2.05, 4.69) is 0 Å². The lowest BCUT2D eigenvalue weighted by Crippen LogP contribution is -2.53. The van der Waals surface area contributed by atoms with Crippen molar-refractivity contribution in [2.45, 2.75) is 6.04 Å². The molecule has 0 unspecified atom stereocenters. The summed E-state index contributed by atoms with van der Waals surface area (Å²) in [6.07, 6.45) is 0. The van der Waals surface area contributed by atoms with Crippen LogP contribution in [0.1, 0.15) is 10.4 Å². The van der Waals surface area contributed by atoms with E-state index < -0.39 is 0 Å². The zero-order valence-corrected chi connectivity index (χ0v) is 14.5. The Morgan fingerprint density at radius 1 is 1.33 bits per heavy atom. The third-order valence-corrected chi connectivity index (χ3v) is 4.09. The molecule has 1 fully saturated rings. The van der Waals surface area contributed by atoms with Crippen LogP contribution in [0.3, 0.4) is 0 Å². The number of hydrogen-bond donors (Lipinski definition) is 1. The van der Waals surface area contributed by atoms with Crippen molar-refractivity contribution in [3.05, 3.63) is 23.8 Å². The predicted octanol–water partition coefficient (Wildman–Crippen LogP) is 0.469. The Morgan fingerprint density at radius 3 is 2.58 bits per heavy atom. The average molecular weight is 338 g/mol. The topological polar surface area (TPSA) is 71.5 Å². The van der Waals surface area contributed by atoms with Crippen molar-refractivity contribution in [2.24, 2.45) is 0 Å². The zero-order chi connectivity index (χ0) is 17.5. The maximum atomic E-state index is 13.0. The molecule has 0 bridgehead atoms. The van der Waals surface area contributed by atoms with Crippen molar-refractivity contribution in [1.82, 2.24) is 9.80 Å². The normalized spacial score (nSPS) is 17.9. The van der Waals surface area contributed by atoms with Gasteiger partial charge in [0.25, 0.3) is 5.91 Å². The van der Waals surface area contributed by atoms with Crippen LogP contribution in [0.5, 0.6) is 11.5 Å². The molecule has 0 radical (unpaired) electrons. The number of aliphatic hydroxyl groups is 1. The standard InChI is InChI=1S/C17H26N2O5/c1-18(4-6-20)11-14-12-24-7-5-19(14)17(21)13-8-15(22-2)10-16(9-13)23-3/h8-10,14,20H,4-7,11-12H2,1-3H3/t14-/m0/s1. The van der Waals surface area contributed by atoms with Gasteiger partial charge in [0.1, 0.15) is 11.5 Å². The third kappa shape index (κ3) is 4.59. The molecule has 7 heteroatoms. The number of methoxy groups -OCH3 is 2. The third-order valence-electron chi connectivity index (χ3n) is 4.09. The van der Waals surface area contributed by atoms with Crippen LogP contribution >= 0.6 is 0 Å². The zero-order valence-electron chi connectivity index (χ0n) is 14.5. The van der Waals surface area contributed by atoms with Crippen molar-refractivity contribution < 1.29 is 24.1 Å². The van der Waals surface area contributed by atoms with Gasteiger partial charge in [-0.15, -0.1) is 0 Å². The van der Waals surface area contributed by atoms with Gasteiger partial charge in [-0.1, -0.05) is 0 Å². The van der Waals surface area contributed by atoms with Gasteiger partial charge in [0.05, 0.1) is 40.1 Å². The van der Waals surface area contributed by atoms with Gasteiger partial charge in [-0.3, -0.25) is 4.79 Å². The molecule has 1 heterocycles. The summed E-state index contributed by atoms with van der Waals surface area (Å²) in [5.74, 6) is 1.10. The lowest BCUT2D eigenvalue weighted by atomic mass is 10.1. The Morgan fingerprint density at radius 2 is 2.00 bits per heavy atom. The SMILES string of the molecule is COc1cc(OC)cc(C(=O)N2CCOC[C@@H]2CN(C)CCO)c1. The molecular formula is C17H26N2O5. The van der Waals surface area contributed by atoms with Gasteiger partial charge in [-0.25, -0.2) is 0 Å². The van der Waals surface area contributed by atoms with Gasteiger partial charge in [0, 0.05) is 31.3 Å². The van der Waals surface area contributed by atoms with Crippen molar-refractivity contribution in [1.29, 1.82) is 0 Å². The fraction of sp³-hybridized carbons (Fsp3) is 0.588. The molecule has 1 aromatic rings. The summed E-state index contributed by atoms with van der Waals surface area (Å²) in [6.45, 7) is 2.84. The van der Waals surface area contributed by atoms with Gasteiger partial charge in [-0.05, 0) is 19.2 Å². The van der Waals surface area contributed by atoms with Gasteiger partial charge >= 0.3 is 0 Å². The van der Waals surface area contributed by atoms with Crippen LogP contribution in [0.2, 0.25) is 0 Å². The van der Waals surface area contributed by atoms with E-state index in [4.69, 9.17) is 19.3 Å². The van der Waals surface area contributed by atoms with Crippen LogP contribution in [0.25, 0.3) is 0 Å². The minimum Gasteiger partial charge on any atom is -0.497 e.